The Kier molecular flexibility index (Phi) is 4.66. The molecule has 1 heterocycles. The number of rotatable bonds is 5. The van der Waals surface area contributed by atoms with Crippen LogP contribution in [0.5, 0.6) is 0 Å². The van der Waals surface area contributed by atoms with Gasteiger partial charge < -0.3 is 10.3 Å². The van der Waals surface area contributed by atoms with Crippen molar-refractivity contribution < 1.29 is 14.1 Å². The van der Waals surface area contributed by atoms with E-state index in [2.05, 4.69) is 15.3 Å². The quantitative estimate of drug-likeness (QED) is 0.410. The molecule has 0 aliphatic heterocycles. The maximum Gasteiger partial charge on any atom is 0.306 e. The second-order valence-electron chi connectivity index (χ2n) is 5.23. The number of nitrogens with one attached hydrogen (secondary N) is 2. The van der Waals surface area contributed by atoms with Crippen LogP contribution in [0.15, 0.2) is 47.6 Å². The van der Waals surface area contributed by atoms with E-state index in [1.807, 2.05) is 24.3 Å². The Hall–Kier alpha value is -2.94. The minimum absolute atomic E-state index is 0.162. The normalized spacial score (nSPS) is 12.1. The Balaban J connectivity index is 1.70. The lowest BCUT2D eigenvalue weighted by atomic mass is 10.2. The number of fused-ring (bicyclic) bond motifs is 1. The van der Waals surface area contributed by atoms with Crippen molar-refractivity contribution in [2.24, 2.45) is 0 Å². The number of carbonyl (C=O) groups excluding carboxylic acids is 1. The first-order chi connectivity index (χ1) is 11.9. The van der Waals surface area contributed by atoms with Crippen LogP contribution in [0.3, 0.4) is 0 Å². The molecule has 3 aromatic rings. The van der Waals surface area contributed by atoms with Crippen LogP contribution in [0.4, 0.5) is 15.8 Å². The standard InChI is InChI=1S/C16H13FN4O3S/c1-9(25-16-19-12-4-2-3-5-13(12)20-16)15(22)18-10-6-7-11(17)14(8-10)21(23)24/h2-9H,1H3,(H,18,22)(H,19,20). The van der Waals surface area contributed by atoms with E-state index in [1.165, 1.54) is 17.8 Å². The average molecular weight is 360 g/mol. The van der Waals surface area contributed by atoms with Crippen LogP contribution < -0.4 is 5.32 Å². The van der Waals surface area contributed by atoms with E-state index in [0.717, 1.165) is 23.2 Å². The number of H-pyrrole nitrogens is 1. The zero-order valence-corrected chi connectivity index (χ0v) is 13.8. The van der Waals surface area contributed by atoms with Gasteiger partial charge >= 0.3 is 5.69 Å². The summed E-state index contributed by atoms with van der Waals surface area (Å²) in [4.78, 5) is 29.7. The van der Waals surface area contributed by atoms with Gasteiger partial charge in [0.1, 0.15) is 0 Å². The first-order valence-electron chi connectivity index (χ1n) is 7.30. The third-order valence-electron chi connectivity index (χ3n) is 3.44. The molecule has 9 heteroatoms. The highest BCUT2D eigenvalue weighted by Gasteiger charge is 2.19. The Morgan fingerprint density at radius 3 is 2.84 bits per heavy atom. The molecule has 0 saturated heterocycles. The summed E-state index contributed by atoms with van der Waals surface area (Å²) >= 11 is 1.22. The van der Waals surface area contributed by atoms with E-state index >= 15 is 0 Å². The third-order valence-corrected chi connectivity index (χ3v) is 4.42. The van der Waals surface area contributed by atoms with Gasteiger partial charge in [0.05, 0.1) is 21.2 Å². The van der Waals surface area contributed by atoms with Crippen molar-refractivity contribution in [2.75, 3.05) is 5.32 Å². The van der Waals surface area contributed by atoms with E-state index in [0.29, 0.717) is 5.16 Å². The molecule has 0 spiro atoms. The van der Waals surface area contributed by atoms with E-state index in [1.54, 1.807) is 6.92 Å². The number of anilines is 1. The van der Waals surface area contributed by atoms with Gasteiger partial charge in [-0.1, -0.05) is 23.9 Å². The maximum absolute atomic E-state index is 13.3. The highest BCUT2D eigenvalue weighted by atomic mass is 32.2. The minimum atomic E-state index is -0.951. The van der Waals surface area contributed by atoms with Crippen molar-refractivity contribution in [1.29, 1.82) is 0 Å². The van der Waals surface area contributed by atoms with Gasteiger partial charge in [-0.05, 0) is 31.2 Å². The SMILES string of the molecule is CC(Sc1nc2ccccc2[nH]1)C(=O)Nc1ccc(F)c([N+](=O)[O-])c1. The smallest absolute Gasteiger partial charge is 0.306 e. The number of carbonyl (C=O) groups is 1. The number of nitro benzene ring substituents is 1. The van der Waals surface area contributed by atoms with Gasteiger partial charge in [-0.25, -0.2) is 4.98 Å². The minimum Gasteiger partial charge on any atom is -0.333 e. The Morgan fingerprint density at radius 1 is 1.36 bits per heavy atom. The van der Waals surface area contributed by atoms with Crippen molar-refractivity contribution in [1.82, 2.24) is 9.97 Å². The molecular formula is C16H13FN4O3S. The van der Waals surface area contributed by atoms with Gasteiger partial charge in [0.15, 0.2) is 5.16 Å². The lowest BCUT2D eigenvalue weighted by Crippen LogP contribution is -2.22. The van der Waals surface area contributed by atoms with Crippen molar-refractivity contribution in [3.63, 3.8) is 0 Å². The molecule has 0 aliphatic carbocycles. The number of aromatic nitrogens is 2. The summed E-state index contributed by atoms with van der Waals surface area (Å²) in [6.07, 6.45) is 0. The van der Waals surface area contributed by atoms with E-state index < -0.39 is 21.7 Å². The van der Waals surface area contributed by atoms with Gasteiger partial charge in [0, 0.05) is 11.8 Å². The fraction of sp³-hybridized carbons (Fsp3) is 0.125. The molecule has 7 nitrogen and oxygen atoms in total. The second-order valence-corrected chi connectivity index (χ2v) is 6.56. The summed E-state index contributed by atoms with van der Waals surface area (Å²) < 4.78 is 13.3. The van der Waals surface area contributed by atoms with Crippen molar-refractivity contribution in [3.05, 3.63) is 58.4 Å². The maximum atomic E-state index is 13.3. The summed E-state index contributed by atoms with van der Waals surface area (Å²) in [6, 6.07) is 10.7. The summed E-state index contributed by atoms with van der Waals surface area (Å²) in [5.74, 6) is -1.32. The summed E-state index contributed by atoms with van der Waals surface area (Å²) in [5, 5.41) is 13.4. The number of amides is 1. The number of halogens is 1. The zero-order valence-electron chi connectivity index (χ0n) is 13.0. The molecule has 0 radical (unpaired) electrons. The lowest BCUT2D eigenvalue weighted by Gasteiger charge is -2.10. The number of nitro groups is 1. The van der Waals surface area contributed by atoms with Crippen LogP contribution >= 0.6 is 11.8 Å². The van der Waals surface area contributed by atoms with Crippen LogP contribution in [0.1, 0.15) is 6.92 Å². The van der Waals surface area contributed by atoms with Gasteiger partial charge in [-0.3, -0.25) is 14.9 Å². The van der Waals surface area contributed by atoms with Gasteiger partial charge in [0.2, 0.25) is 11.7 Å². The van der Waals surface area contributed by atoms with Gasteiger partial charge in [-0.2, -0.15) is 4.39 Å². The monoisotopic (exact) mass is 360 g/mol. The molecule has 2 aromatic carbocycles. The van der Waals surface area contributed by atoms with Crippen LogP contribution in [-0.4, -0.2) is 26.0 Å². The molecule has 1 amide bonds. The molecule has 0 aliphatic rings. The molecule has 0 saturated carbocycles. The first kappa shape index (κ1) is 16.9. The molecular weight excluding hydrogens is 347 g/mol. The van der Waals surface area contributed by atoms with Crippen LogP contribution in [-0.2, 0) is 4.79 Å². The van der Waals surface area contributed by atoms with E-state index in [4.69, 9.17) is 0 Å². The zero-order chi connectivity index (χ0) is 18.0. The Bertz CT molecular complexity index is 926. The van der Waals surface area contributed by atoms with Crippen LogP contribution in [0, 0.1) is 15.9 Å². The predicted molar refractivity (Wildman–Crippen MR) is 93.1 cm³/mol. The molecule has 128 valence electrons. The van der Waals surface area contributed by atoms with Crippen molar-refractivity contribution in [2.45, 2.75) is 17.3 Å². The summed E-state index contributed by atoms with van der Waals surface area (Å²) in [7, 11) is 0. The fourth-order valence-corrected chi connectivity index (χ4v) is 3.00. The van der Waals surface area contributed by atoms with Crippen LogP contribution in [0.25, 0.3) is 11.0 Å². The van der Waals surface area contributed by atoms with Crippen LogP contribution in [0.2, 0.25) is 0 Å². The number of nitrogens with zero attached hydrogens (tertiary/aromatic N) is 2. The number of benzene rings is 2. The highest BCUT2D eigenvalue weighted by Crippen LogP contribution is 2.26. The molecule has 1 atom stereocenters. The number of thioether (sulfide) groups is 1. The first-order valence-corrected chi connectivity index (χ1v) is 8.18. The Morgan fingerprint density at radius 2 is 2.12 bits per heavy atom. The van der Waals surface area contributed by atoms with E-state index in [9.17, 15) is 19.3 Å². The molecule has 0 fully saturated rings. The molecule has 2 N–H and O–H groups in total. The average Bonchev–Trinajstić information content (AvgIpc) is 2.98. The van der Waals surface area contributed by atoms with Crippen molar-refractivity contribution in [3.8, 4) is 0 Å². The molecule has 0 bridgehead atoms. The number of aromatic amines is 1. The fourth-order valence-electron chi connectivity index (χ4n) is 2.18. The lowest BCUT2D eigenvalue weighted by molar-refractivity contribution is -0.387. The number of hydrogen-bond acceptors (Lipinski definition) is 5. The third kappa shape index (κ3) is 3.77. The summed E-state index contributed by atoms with van der Waals surface area (Å²) in [5.41, 5.74) is 1.14. The number of para-hydroxylation sites is 2. The molecule has 1 unspecified atom stereocenters. The van der Waals surface area contributed by atoms with Gasteiger partial charge in [0.25, 0.3) is 0 Å². The second kappa shape index (κ2) is 6.89. The molecule has 25 heavy (non-hydrogen) atoms. The largest absolute Gasteiger partial charge is 0.333 e. The summed E-state index contributed by atoms with van der Waals surface area (Å²) in [6.45, 7) is 1.69. The predicted octanol–water partition coefficient (Wildman–Crippen LogP) is 3.73. The molecule has 1 aromatic heterocycles. The van der Waals surface area contributed by atoms with Crippen molar-refractivity contribution >= 4 is 40.1 Å². The van der Waals surface area contributed by atoms with E-state index in [-0.39, 0.29) is 11.6 Å². The Labute approximate surface area is 145 Å². The molecule has 3 rings (SSSR count). The van der Waals surface area contributed by atoms with Gasteiger partial charge in [-0.15, -0.1) is 0 Å². The number of imidazole rings is 1. The highest BCUT2D eigenvalue weighted by molar-refractivity contribution is 8.00. The topological polar surface area (TPSA) is 101 Å². The number of hydrogen-bond donors (Lipinski definition) is 2.